The first-order valence-corrected chi connectivity index (χ1v) is 9.02. The highest BCUT2D eigenvalue weighted by atomic mass is 16.5. The van der Waals surface area contributed by atoms with Crippen molar-refractivity contribution in [2.45, 2.75) is 46.5 Å². The standard InChI is InChI=1S/C22H28N2O2/c1-15(2)19-9-7-18(8-10-19)13-23-24-22(25)14-26-21-12-17(5)6-11-20(21)16(3)4/h6-13,15-16H,14H2,1-5H3,(H,24,25). The molecule has 1 N–H and O–H groups in total. The molecule has 0 saturated heterocycles. The highest BCUT2D eigenvalue weighted by molar-refractivity contribution is 5.83. The lowest BCUT2D eigenvalue weighted by atomic mass is 10.0. The Morgan fingerprint density at radius 3 is 2.38 bits per heavy atom. The van der Waals surface area contributed by atoms with Crippen LogP contribution in [-0.2, 0) is 4.79 Å². The van der Waals surface area contributed by atoms with Crippen LogP contribution >= 0.6 is 0 Å². The van der Waals surface area contributed by atoms with Crippen LogP contribution < -0.4 is 10.2 Å². The van der Waals surface area contributed by atoms with Gasteiger partial charge in [-0.05, 0) is 47.1 Å². The van der Waals surface area contributed by atoms with Crippen LogP contribution in [0, 0.1) is 6.92 Å². The summed E-state index contributed by atoms with van der Waals surface area (Å²) in [4.78, 5) is 12.0. The molecule has 0 aromatic heterocycles. The maximum Gasteiger partial charge on any atom is 0.277 e. The molecule has 0 atom stereocenters. The molecule has 0 radical (unpaired) electrons. The molecule has 1 amide bonds. The molecule has 0 saturated carbocycles. The smallest absolute Gasteiger partial charge is 0.277 e. The van der Waals surface area contributed by atoms with Crippen molar-refractivity contribution in [3.05, 3.63) is 64.7 Å². The van der Waals surface area contributed by atoms with Crippen molar-refractivity contribution in [2.24, 2.45) is 5.10 Å². The summed E-state index contributed by atoms with van der Waals surface area (Å²) >= 11 is 0. The molecule has 4 nitrogen and oxygen atoms in total. The number of rotatable bonds is 7. The average Bonchev–Trinajstić information content (AvgIpc) is 2.60. The number of amides is 1. The first kappa shape index (κ1) is 19.7. The van der Waals surface area contributed by atoms with Gasteiger partial charge in [0.15, 0.2) is 6.61 Å². The number of hydrazone groups is 1. The van der Waals surface area contributed by atoms with Gasteiger partial charge in [-0.3, -0.25) is 4.79 Å². The van der Waals surface area contributed by atoms with Crippen molar-refractivity contribution in [2.75, 3.05) is 6.61 Å². The minimum atomic E-state index is -0.281. The third-order valence-electron chi connectivity index (χ3n) is 4.16. The lowest BCUT2D eigenvalue weighted by Crippen LogP contribution is -2.25. The van der Waals surface area contributed by atoms with E-state index in [1.165, 1.54) is 5.56 Å². The Balaban J connectivity index is 1.88. The summed E-state index contributed by atoms with van der Waals surface area (Å²) < 4.78 is 5.70. The van der Waals surface area contributed by atoms with Gasteiger partial charge in [0, 0.05) is 0 Å². The highest BCUT2D eigenvalue weighted by Crippen LogP contribution is 2.27. The SMILES string of the molecule is Cc1ccc(C(C)C)c(OCC(=O)NN=Cc2ccc(C(C)C)cc2)c1. The summed E-state index contributed by atoms with van der Waals surface area (Å²) in [7, 11) is 0. The molecule has 4 heteroatoms. The average molecular weight is 352 g/mol. The second-order valence-electron chi connectivity index (χ2n) is 7.10. The Labute approximate surface area is 156 Å². The number of ether oxygens (including phenoxy) is 1. The number of carbonyl (C=O) groups excluding carboxylic acids is 1. The molecule has 0 aliphatic carbocycles. The van der Waals surface area contributed by atoms with Crippen molar-refractivity contribution in [1.29, 1.82) is 0 Å². The van der Waals surface area contributed by atoms with Crippen LogP contribution in [0.3, 0.4) is 0 Å². The number of hydrogen-bond acceptors (Lipinski definition) is 3. The van der Waals surface area contributed by atoms with E-state index in [2.05, 4.69) is 56.4 Å². The van der Waals surface area contributed by atoms with Gasteiger partial charge in [0.1, 0.15) is 5.75 Å². The Bertz CT molecular complexity index is 762. The van der Waals surface area contributed by atoms with Gasteiger partial charge >= 0.3 is 0 Å². The number of benzene rings is 2. The van der Waals surface area contributed by atoms with E-state index >= 15 is 0 Å². The maximum atomic E-state index is 12.0. The molecule has 0 unspecified atom stereocenters. The summed E-state index contributed by atoms with van der Waals surface area (Å²) in [6.07, 6.45) is 1.63. The second kappa shape index (κ2) is 9.18. The van der Waals surface area contributed by atoms with Crippen LogP contribution in [0.15, 0.2) is 47.6 Å². The Morgan fingerprint density at radius 2 is 1.77 bits per heavy atom. The molecule has 0 spiro atoms. The molecule has 26 heavy (non-hydrogen) atoms. The molecule has 0 fully saturated rings. The van der Waals surface area contributed by atoms with E-state index in [1.54, 1.807) is 6.21 Å². The highest BCUT2D eigenvalue weighted by Gasteiger charge is 2.10. The summed E-state index contributed by atoms with van der Waals surface area (Å²) in [5.41, 5.74) is 6.92. The lowest BCUT2D eigenvalue weighted by molar-refractivity contribution is -0.123. The Morgan fingerprint density at radius 1 is 1.08 bits per heavy atom. The van der Waals surface area contributed by atoms with E-state index in [0.717, 1.165) is 22.4 Å². The van der Waals surface area contributed by atoms with Crippen LogP contribution in [0.25, 0.3) is 0 Å². The van der Waals surface area contributed by atoms with Crippen LogP contribution in [0.1, 0.15) is 61.8 Å². The third-order valence-corrected chi connectivity index (χ3v) is 4.16. The Hall–Kier alpha value is -2.62. The first-order chi connectivity index (χ1) is 12.4. The van der Waals surface area contributed by atoms with E-state index < -0.39 is 0 Å². The number of hydrogen-bond donors (Lipinski definition) is 1. The minimum absolute atomic E-state index is 0.0627. The summed E-state index contributed by atoms with van der Waals surface area (Å²) in [5.74, 6) is 1.30. The van der Waals surface area contributed by atoms with Crippen LogP contribution in [-0.4, -0.2) is 18.7 Å². The minimum Gasteiger partial charge on any atom is -0.483 e. The quantitative estimate of drug-likeness (QED) is 0.576. The van der Waals surface area contributed by atoms with Crippen LogP contribution in [0.5, 0.6) is 5.75 Å². The summed E-state index contributed by atoms with van der Waals surface area (Å²) in [6.45, 7) is 10.5. The van der Waals surface area contributed by atoms with Crippen molar-refractivity contribution in [3.8, 4) is 5.75 Å². The number of carbonyl (C=O) groups is 1. The molecular formula is C22H28N2O2. The van der Waals surface area contributed by atoms with Gasteiger partial charge in [0.05, 0.1) is 6.21 Å². The fraction of sp³-hybridized carbons (Fsp3) is 0.364. The van der Waals surface area contributed by atoms with Crippen LogP contribution in [0.2, 0.25) is 0 Å². The van der Waals surface area contributed by atoms with E-state index in [-0.39, 0.29) is 12.5 Å². The number of nitrogens with zero attached hydrogens (tertiary/aromatic N) is 1. The van der Waals surface area contributed by atoms with E-state index in [1.807, 2.05) is 31.2 Å². The zero-order chi connectivity index (χ0) is 19.1. The molecule has 0 heterocycles. The molecule has 138 valence electrons. The molecule has 0 aliphatic heterocycles. The maximum absolute atomic E-state index is 12.0. The molecule has 0 bridgehead atoms. The molecule has 2 aromatic carbocycles. The molecule has 0 aliphatic rings. The zero-order valence-corrected chi connectivity index (χ0v) is 16.2. The number of aryl methyl sites for hydroxylation is 1. The normalized spacial score (nSPS) is 11.3. The van der Waals surface area contributed by atoms with Gasteiger partial charge in [0.25, 0.3) is 5.91 Å². The molecule has 2 rings (SSSR count). The van der Waals surface area contributed by atoms with Crippen molar-refractivity contribution in [1.82, 2.24) is 5.43 Å². The summed E-state index contributed by atoms with van der Waals surface area (Å²) in [5, 5.41) is 4.00. The fourth-order valence-corrected chi connectivity index (χ4v) is 2.56. The van der Waals surface area contributed by atoms with Gasteiger partial charge in [-0.2, -0.15) is 5.10 Å². The van der Waals surface area contributed by atoms with Crippen molar-refractivity contribution in [3.63, 3.8) is 0 Å². The monoisotopic (exact) mass is 352 g/mol. The second-order valence-corrected chi connectivity index (χ2v) is 7.10. The van der Waals surface area contributed by atoms with Gasteiger partial charge in [0.2, 0.25) is 0 Å². The van der Waals surface area contributed by atoms with E-state index in [0.29, 0.717) is 11.8 Å². The largest absolute Gasteiger partial charge is 0.483 e. The summed E-state index contributed by atoms with van der Waals surface area (Å²) in [6, 6.07) is 14.2. The van der Waals surface area contributed by atoms with Crippen LogP contribution in [0.4, 0.5) is 0 Å². The van der Waals surface area contributed by atoms with Crippen molar-refractivity contribution < 1.29 is 9.53 Å². The van der Waals surface area contributed by atoms with Gasteiger partial charge in [-0.25, -0.2) is 5.43 Å². The van der Waals surface area contributed by atoms with E-state index in [4.69, 9.17) is 4.74 Å². The lowest BCUT2D eigenvalue weighted by Gasteiger charge is -2.14. The first-order valence-electron chi connectivity index (χ1n) is 9.02. The van der Waals surface area contributed by atoms with Crippen molar-refractivity contribution >= 4 is 12.1 Å². The zero-order valence-electron chi connectivity index (χ0n) is 16.2. The molecular weight excluding hydrogens is 324 g/mol. The topological polar surface area (TPSA) is 50.7 Å². The third kappa shape index (κ3) is 5.73. The van der Waals surface area contributed by atoms with Gasteiger partial charge < -0.3 is 4.74 Å². The predicted octanol–water partition coefficient (Wildman–Crippen LogP) is 4.77. The van der Waals surface area contributed by atoms with Gasteiger partial charge in [-0.15, -0.1) is 0 Å². The Kier molecular flexibility index (Phi) is 6.96. The fourth-order valence-electron chi connectivity index (χ4n) is 2.56. The van der Waals surface area contributed by atoms with E-state index in [9.17, 15) is 4.79 Å². The van der Waals surface area contributed by atoms with Gasteiger partial charge in [-0.1, -0.05) is 64.1 Å². The number of nitrogens with one attached hydrogen (secondary N) is 1. The molecule has 2 aromatic rings. The predicted molar refractivity (Wildman–Crippen MR) is 107 cm³/mol.